The lowest BCUT2D eigenvalue weighted by Crippen LogP contribution is -2.11. The molecule has 0 saturated heterocycles. The molecule has 1 N–H and O–H groups in total. The SMILES string of the molecule is C=CC(=C)NCCCCCCC. The molecule has 0 spiro atoms. The first-order chi connectivity index (χ1) is 5.81. The van der Waals surface area contributed by atoms with Crippen molar-refractivity contribution in [1.29, 1.82) is 0 Å². The van der Waals surface area contributed by atoms with Crippen molar-refractivity contribution in [3.63, 3.8) is 0 Å². The summed E-state index contributed by atoms with van der Waals surface area (Å²) in [6.45, 7) is 10.7. The largest absolute Gasteiger partial charge is 0.386 e. The lowest BCUT2D eigenvalue weighted by atomic mass is 10.1. The Labute approximate surface area is 76.6 Å². The first-order valence-corrected chi connectivity index (χ1v) is 4.86. The Morgan fingerprint density at radius 2 is 1.92 bits per heavy atom. The van der Waals surface area contributed by atoms with E-state index in [0.29, 0.717) is 0 Å². The van der Waals surface area contributed by atoms with Crippen LogP contribution in [0.15, 0.2) is 24.9 Å². The summed E-state index contributed by atoms with van der Waals surface area (Å²) in [5, 5.41) is 3.20. The van der Waals surface area contributed by atoms with Crippen LogP contribution < -0.4 is 5.32 Å². The summed E-state index contributed by atoms with van der Waals surface area (Å²) in [7, 11) is 0. The fourth-order valence-electron chi connectivity index (χ4n) is 1.05. The second-order valence-corrected chi connectivity index (χ2v) is 3.07. The predicted molar refractivity (Wildman–Crippen MR) is 56.1 cm³/mol. The average Bonchev–Trinajstić information content (AvgIpc) is 2.10. The van der Waals surface area contributed by atoms with Gasteiger partial charge in [-0.25, -0.2) is 0 Å². The van der Waals surface area contributed by atoms with Crippen LogP contribution in [0.3, 0.4) is 0 Å². The van der Waals surface area contributed by atoms with Gasteiger partial charge in [-0.1, -0.05) is 45.8 Å². The number of hydrogen-bond donors (Lipinski definition) is 1. The van der Waals surface area contributed by atoms with Crippen molar-refractivity contribution in [1.82, 2.24) is 5.32 Å². The van der Waals surface area contributed by atoms with Crippen LogP contribution in [-0.4, -0.2) is 6.54 Å². The summed E-state index contributed by atoms with van der Waals surface area (Å²) in [4.78, 5) is 0. The third-order valence-corrected chi connectivity index (χ3v) is 1.88. The van der Waals surface area contributed by atoms with Crippen LogP contribution >= 0.6 is 0 Å². The minimum absolute atomic E-state index is 0.936. The molecule has 0 atom stereocenters. The molecule has 12 heavy (non-hydrogen) atoms. The molecule has 0 unspecified atom stereocenters. The fourth-order valence-corrected chi connectivity index (χ4v) is 1.05. The topological polar surface area (TPSA) is 12.0 Å². The Balaban J connectivity index is 3.00. The summed E-state index contributed by atoms with van der Waals surface area (Å²) < 4.78 is 0. The van der Waals surface area contributed by atoms with Crippen molar-refractivity contribution >= 4 is 0 Å². The number of hydrogen-bond acceptors (Lipinski definition) is 1. The molecule has 0 heterocycles. The van der Waals surface area contributed by atoms with Crippen LogP contribution in [0.1, 0.15) is 39.0 Å². The third kappa shape index (κ3) is 7.39. The molecule has 0 fully saturated rings. The minimum atomic E-state index is 0.936. The van der Waals surface area contributed by atoms with Gasteiger partial charge in [-0.15, -0.1) is 0 Å². The standard InChI is InChI=1S/C11H21N/c1-4-6-7-8-9-10-12-11(3)5-2/h5,12H,2-4,6-10H2,1H3. The third-order valence-electron chi connectivity index (χ3n) is 1.88. The van der Waals surface area contributed by atoms with Crippen molar-refractivity contribution in [2.75, 3.05) is 6.54 Å². The van der Waals surface area contributed by atoms with E-state index in [2.05, 4.69) is 25.4 Å². The average molecular weight is 167 g/mol. The number of nitrogens with one attached hydrogen (secondary N) is 1. The molecule has 0 aromatic carbocycles. The Hall–Kier alpha value is -0.720. The van der Waals surface area contributed by atoms with E-state index in [0.717, 1.165) is 12.2 Å². The molecule has 70 valence electrons. The van der Waals surface area contributed by atoms with Crippen LogP contribution in [-0.2, 0) is 0 Å². The summed E-state index contributed by atoms with van der Waals surface area (Å²) in [5.41, 5.74) is 0.936. The van der Waals surface area contributed by atoms with Crippen molar-refractivity contribution in [3.05, 3.63) is 24.9 Å². The minimum Gasteiger partial charge on any atom is -0.386 e. The molecule has 0 rings (SSSR count). The quantitative estimate of drug-likeness (QED) is 0.432. The second-order valence-electron chi connectivity index (χ2n) is 3.07. The molecule has 0 bridgehead atoms. The lowest BCUT2D eigenvalue weighted by Gasteiger charge is -2.04. The van der Waals surface area contributed by atoms with E-state index in [4.69, 9.17) is 0 Å². The van der Waals surface area contributed by atoms with Crippen molar-refractivity contribution < 1.29 is 0 Å². The maximum Gasteiger partial charge on any atom is 0.0261 e. The number of allylic oxidation sites excluding steroid dienone is 1. The van der Waals surface area contributed by atoms with Gasteiger partial charge in [-0.05, 0) is 12.5 Å². The normalized spacial score (nSPS) is 9.42. The summed E-state index contributed by atoms with van der Waals surface area (Å²) in [6.07, 6.45) is 8.36. The molecule has 0 radical (unpaired) electrons. The van der Waals surface area contributed by atoms with Crippen molar-refractivity contribution in [3.8, 4) is 0 Å². The maximum atomic E-state index is 3.78. The zero-order valence-electron chi connectivity index (χ0n) is 8.23. The summed E-state index contributed by atoms with van der Waals surface area (Å²) in [5.74, 6) is 0. The molecule has 1 nitrogen and oxygen atoms in total. The second kappa shape index (κ2) is 8.38. The Morgan fingerprint density at radius 3 is 2.50 bits per heavy atom. The van der Waals surface area contributed by atoms with E-state index in [1.807, 2.05) is 0 Å². The molecule has 1 heteroatoms. The monoisotopic (exact) mass is 167 g/mol. The summed E-state index contributed by atoms with van der Waals surface area (Å²) >= 11 is 0. The van der Waals surface area contributed by atoms with Crippen LogP contribution in [0.4, 0.5) is 0 Å². The van der Waals surface area contributed by atoms with Gasteiger partial charge in [-0.2, -0.15) is 0 Å². The number of unbranched alkanes of at least 4 members (excludes halogenated alkanes) is 4. The van der Waals surface area contributed by atoms with Gasteiger partial charge in [0.25, 0.3) is 0 Å². The highest BCUT2D eigenvalue weighted by molar-refractivity contribution is 5.07. The van der Waals surface area contributed by atoms with Gasteiger partial charge in [-0.3, -0.25) is 0 Å². The van der Waals surface area contributed by atoms with Gasteiger partial charge in [0.15, 0.2) is 0 Å². The van der Waals surface area contributed by atoms with Crippen molar-refractivity contribution in [2.45, 2.75) is 39.0 Å². The van der Waals surface area contributed by atoms with Gasteiger partial charge >= 0.3 is 0 Å². The first kappa shape index (κ1) is 11.3. The van der Waals surface area contributed by atoms with Crippen LogP contribution in [0.2, 0.25) is 0 Å². The van der Waals surface area contributed by atoms with Gasteiger partial charge in [0, 0.05) is 12.2 Å². The Bertz CT molecular complexity index is 127. The Kier molecular flexibility index (Phi) is 7.87. The first-order valence-electron chi connectivity index (χ1n) is 4.86. The van der Waals surface area contributed by atoms with Gasteiger partial charge in [0.2, 0.25) is 0 Å². The summed E-state index contributed by atoms with van der Waals surface area (Å²) in [6, 6.07) is 0. The van der Waals surface area contributed by atoms with Gasteiger partial charge in [0.1, 0.15) is 0 Å². The molecule has 0 amide bonds. The van der Waals surface area contributed by atoms with Crippen molar-refractivity contribution in [2.24, 2.45) is 0 Å². The van der Waals surface area contributed by atoms with Crippen LogP contribution in [0, 0.1) is 0 Å². The van der Waals surface area contributed by atoms with E-state index in [1.54, 1.807) is 6.08 Å². The maximum absolute atomic E-state index is 3.78. The lowest BCUT2D eigenvalue weighted by molar-refractivity contribution is 0.614. The molecular weight excluding hydrogens is 146 g/mol. The number of rotatable bonds is 8. The highest BCUT2D eigenvalue weighted by Crippen LogP contribution is 2.01. The predicted octanol–water partition coefficient (Wildman–Crippen LogP) is 3.25. The van der Waals surface area contributed by atoms with E-state index >= 15 is 0 Å². The van der Waals surface area contributed by atoms with Crippen LogP contribution in [0.5, 0.6) is 0 Å². The van der Waals surface area contributed by atoms with Gasteiger partial charge < -0.3 is 5.32 Å². The van der Waals surface area contributed by atoms with E-state index in [1.165, 1.54) is 32.1 Å². The molecule has 0 aliphatic rings. The molecular formula is C11H21N. The van der Waals surface area contributed by atoms with Gasteiger partial charge in [0.05, 0.1) is 0 Å². The molecule has 0 aliphatic heterocycles. The molecule has 0 saturated carbocycles. The zero-order valence-corrected chi connectivity index (χ0v) is 8.23. The van der Waals surface area contributed by atoms with Crippen LogP contribution in [0.25, 0.3) is 0 Å². The van der Waals surface area contributed by atoms with E-state index in [9.17, 15) is 0 Å². The van der Waals surface area contributed by atoms with E-state index < -0.39 is 0 Å². The molecule has 0 aromatic rings. The molecule has 0 aromatic heterocycles. The van der Waals surface area contributed by atoms with E-state index in [-0.39, 0.29) is 0 Å². The smallest absolute Gasteiger partial charge is 0.0261 e. The fraction of sp³-hybridized carbons (Fsp3) is 0.636. The Morgan fingerprint density at radius 1 is 1.25 bits per heavy atom. The molecule has 0 aliphatic carbocycles. The highest BCUT2D eigenvalue weighted by Gasteiger charge is 1.88. The zero-order chi connectivity index (χ0) is 9.23. The highest BCUT2D eigenvalue weighted by atomic mass is 14.9.